The monoisotopic (exact) mass is 374 g/mol. The molecule has 0 saturated heterocycles. The molecular formula is C17H24F2N2O3S. The third kappa shape index (κ3) is 5.47. The van der Waals surface area contributed by atoms with Crippen molar-refractivity contribution >= 4 is 15.7 Å². The third-order valence-corrected chi connectivity index (χ3v) is 5.92. The van der Waals surface area contributed by atoms with E-state index in [2.05, 4.69) is 5.32 Å². The Morgan fingerprint density at radius 1 is 1.16 bits per heavy atom. The van der Waals surface area contributed by atoms with Crippen LogP contribution in [0.5, 0.6) is 0 Å². The van der Waals surface area contributed by atoms with Gasteiger partial charge in [-0.1, -0.05) is 31.4 Å². The number of alkyl halides is 2. The highest BCUT2D eigenvalue weighted by atomic mass is 32.2. The van der Waals surface area contributed by atoms with Crippen molar-refractivity contribution in [3.05, 3.63) is 35.4 Å². The number of amides is 1. The van der Waals surface area contributed by atoms with E-state index in [4.69, 9.17) is 5.73 Å². The molecule has 0 spiro atoms. The van der Waals surface area contributed by atoms with Gasteiger partial charge >= 0.3 is 5.76 Å². The van der Waals surface area contributed by atoms with Gasteiger partial charge in [0.2, 0.25) is 9.84 Å². The minimum Gasteiger partial charge on any atom is -0.348 e. The van der Waals surface area contributed by atoms with Gasteiger partial charge in [-0.25, -0.2) is 8.42 Å². The fourth-order valence-corrected chi connectivity index (χ4v) is 3.99. The first-order valence-electron chi connectivity index (χ1n) is 8.43. The van der Waals surface area contributed by atoms with Gasteiger partial charge in [-0.15, -0.1) is 0 Å². The average Bonchev–Trinajstić information content (AvgIpc) is 2.60. The van der Waals surface area contributed by atoms with Gasteiger partial charge in [0.25, 0.3) is 5.91 Å². The van der Waals surface area contributed by atoms with Crippen LogP contribution in [0.1, 0.15) is 48.0 Å². The van der Waals surface area contributed by atoms with Crippen molar-refractivity contribution in [1.82, 2.24) is 5.32 Å². The number of carbonyl (C=O) groups excluding carboxylic acids is 1. The number of hydrogen-bond donors (Lipinski definition) is 2. The third-order valence-electron chi connectivity index (χ3n) is 4.64. The summed E-state index contributed by atoms with van der Waals surface area (Å²) < 4.78 is 47.3. The van der Waals surface area contributed by atoms with Gasteiger partial charge in [-0.3, -0.25) is 4.79 Å². The molecular weight excluding hydrogens is 350 g/mol. The molecule has 1 aliphatic rings. The van der Waals surface area contributed by atoms with Crippen molar-refractivity contribution in [1.29, 1.82) is 0 Å². The van der Waals surface area contributed by atoms with E-state index < -0.39 is 21.3 Å². The quantitative estimate of drug-likeness (QED) is 0.767. The molecule has 0 bridgehead atoms. The van der Waals surface area contributed by atoms with Crippen LogP contribution in [0.2, 0.25) is 0 Å². The maximum absolute atomic E-state index is 12.4. The van der Waals surface area contributed by atoms with E-state index in [-0.39, 0.29) is 17.5 Å². The molecule has 2 rings (SSSR count). The number of rotatable bonds is 7. The van der Waals surface area contributed by atoms with Crippen LogP contribution in [-0.2, 0) is 15.6 Å². The number of hydrogen-bond acceptors (Lipinski definition) is 4. The molecule has 1 aromatic carbocycles. The lowest BCUT2D eigenvalue weighted by Crippen LogP contribution is -2.45. The Labute approximate surface area is 146 Å². The first-order valence-corrected chi connectivity index (χ1v) is 10.1. The molecule has 25 heavy (non-hydrogen) atoms. The van der Waals surface area contributed by atoms with Crippen LogP contribution in [0.15, 0.2) is 24.3 Å². The van der Waals surface area contributed by atoms with E-state index in [1.54, 1.807) is 0 Å². The maximum Gasteiger partial charge on any atom is 0.337 e. The number of sulfone groups is 1. The predicted molar refractivity (Wildman–Crippen MR) is 92.0 cm³/mol. The van der Waals surface area contributed by atoms with Crippen molar-refractivity contribution in [2.75, 3.05) is 6.54 Å². The summed E-state index contributed by atoms with van der Waals surface area (Å²) >= 11 is 0. The van der Waals surface area contributed by atoms with Crippen molar-refractivity contribution < 1.29 is 22.0 Å². The number of benzene rings is 1. The molecule has 0 aliphatic heterocycles. The molecule has 1 atom stereocenters. The van der Waals surface area contributed by atoms with Gasteiger partial charge in [0, 0.05) is 18.2 Å². The Hall–Kier alpha value is -1.54. The molecule has 8 heteroatoms. The van der Waals surface area contributed by atoms with E-state index in [1.807, 2.05) is 0 Å². The van der Waals surface area contributed by atoms with Gasteiger partial charge in [0.1, 0.15) is 0 Å². The molecule has 0 radical (unpaired) electrons. The summed E-state index contributed by atoms with van der Waals surface area (Å²) in [5.74, 6) is -4.07. The topological polar surface area (TPSA) is 89.3 Å². The Morgan fingerprint density at radius 2 is 1.76 bits per heavy atom. The summed E-state index contributed by atoms with van der Waals surface area (Å²) in [5, 5.41) is 2.94. The summed E-state index contributed by atoms with van der Waals surface area (Å²) in [5.41, 5.74) is 6.38. The summed E-state index contributed by atoms with van der Waals surface area (Å²) in [6.45, 7) is 0.362. The van der Waals surface area contributed by atoms with E-state index in [0.29, 0.717) is 18.0 Å². The lowest BCUT2D eigenvalue weighted by Gasteiger charge is -2.30. The highest BCUT2D eigenvalue weighted by Crippen LogP contribution is 2.26. The van der Waals surface area contributed by atoms with E-state index in [1.165, 1.54) is 30.7 Å². The molecule has 0 aromatic heterocycles. The first kappa shape index (κ1) is 19.8. The van der Waals surface area contributed by atoms with Crippen molar-refractivity contribution in [3.63, 3.8) is 0 Å². The molecule has 140 valence electrons. The van der Waals surface area contributed by atoms with Crippen LogP contribution in [-0.4, -0.2) is 32.7 Å². The summed E-state index contributed by atoms with van der Waals surface area (Å²) in [6, 6.07) is 5.56. The minimum atomic E-state index is -4.47. The van der Waals surface area contributed by atoms with Gasteiger partial charge in [0.05, 0.1) is 5.75 Å². The molecule has 1 aliphatic carbocycles. The second-order valence-corrected chi connectivity index (χ2v) is 8.45. The molecule has 0 heterocycles. The van der Waals surface area contributed by atoms with Gasteiger partial charge in [-0.05, 0) is 36.5 Å². The number of halogens is 2. The largest absolute Gasteiger partial charge is 0.348 e. The standard InChI is InChI=1S/C17H24F2N2O3S/c18-17(19)25(23,24)11-12-6-8-14(9-7-12)16(22)21-15(10-20)13-4-2-1-3-5-13/h6-9,13,15,17H,1-5,10-11,20H2,(H,21,22). The first-order chi connectivity index (χ1) is 11.8. The second kappa shape index (κ2) is 8.71. The Bertz CT molecular complexity index is 672. The summed E-state index contributed by atoms with van der Waals surface area (Å²) in [4.78, 5) is 12.4. The highest BCUT2D eigenvalue weighted by Gasteiger charge is 2.25. The SMILES string of the molecule is NCC(NC(=O)c1ccc(CS(=O)(=O)C(F)F)cc1)C1CCCCC1. The van der Waals surface area contributed by atoms with E-state index in [9.17, 15) is 22.0 Å². The van der Waals surface area contributed by atoms with Crippen LogP contribution >= 0.6 is 0 Å². The minimum absolute atomic E-state index is 0.0910. The molecule has 5 nitrogen and oxygen atoms in total. The summed E-state index contributed by atoms with van der Waals surface area (Å²) in [6.07, 6.45) is 5.60. The lowest BCUT2D eigenvalue weighted by molar-refractivity contribution is 0.0915. The molecule has 3 N–H and O–H groups in total. The fourth-order valence-electron chi connectivity index (χ4n) is 3.21. The van der Waals surface area contributed by atoms with Gasteiger partial charge in [-0.2, -0.15) is 8.78 Å². The number of nitrogens with one attached hydrogen (secondary N) is 1. The number of nitrogens with two attached hydrogens (primary N) is 1. The zero-order chi connectivity index (χ0) is 18.4. The fraction of sp³-hybridized carbons (Fsp3) is 0.588. The average molecular weight is 374 g/mol. The molecule has 1 saturated carbocycles. The zero-order valence-electron chi connectivity index (χ0n) is 14.0. The highest BCUT2D eigenvalue weighted by molar-refractivity contribution is 7.90. The van der Waals surface area contributed by atoms with Crippen LogP contribution in [0.25, 0.3) is 0 Å². The molecule has 1 unspecified atom stereocenters. The Morgan fingerprint density at radius 3 is 2.28 bits per heavy atom. The van der Waals surface area contributed by atoms with Gasteiger partial charge < -0.3 is 11.1 Å². The Kier molecular flexibility index (Phi) is 6.89. The molecule has 1 amide bonds. The molecule has 1 fully saturated rings. The normalized spacial score (nSPS) is 17.4. The van der Waals surface area contributed by atoms with Crippen LogP contribution in [0.4, 0.5) is 8.78 Å². The van der Waals surface area contributed by atoms with Crippen LogP contribution in [0, 0.1) is 5.92 Å². The Balaban J connectivity index is 1.99. The predicted octanol–water partition coefficient (Wildman–Crippen LogP) is 2.46. The summed E-state index contributed by atoms with van der Waals surface area (Å²) in [7, 11) is -4.47. The smallest absolute Gasteiger partial charge is 0.337 e. The van der Waals surface area contributed by atoms with E-state index >= 15 is 0 Å². The van der Waals surface area contributed by atoms with E-state index in [0.717, 1.165) is 25.7 Å². The maximum atomic E-state index is 12.4. The lowest BCUT2D eigenvalue weighted by atomic mass is 9.84. The molecule has 1 aromatic rings. The number of carbonyl (C=O) groups is 1. The van der Waals surface area contributed by atoms with Crippen LogP contribution in [0.3, 0.4) is 0 Å². The zero-order valence-corrected chi connectivity index (χ0v) is 14.8. The van der Waals surface area contributed by atoms with Crippen molar-refractivity contribution in [3.8, 4) is 0 Å². The second-order valence-electron chi connectivity index (χ2n) is 6.48. The van der Waals surface area contributed by atoms with Crippen molar-refractivity contribution in [2.24, 2.45) is 11.7 Å². The van der Waals surface area contributed by atoms with Crippen LogP contribution < -0.4 is 11.1 Å². The van der Waals surface area contributed by atoms with Gasteiger partial charge in [0.15, 0.2) is 0 Å². The van der Waals surface area contributed by atoms with Crippen molar-refractivity contribution in [2.45, 2.75) is 49.7 Å².